The molecule has 182 valence electrons. The average Bonchev–Trinajstić information content (AvgIpc) is 3.18. The lowest BCUT2D eigenvalue weighted by Crippen LogP contribution is -2.13. The van der Waals surface area contributed by atoms with Gasteiger partial charge in [0, 0.05) is 26.7 Å². The summed E-state index contributed by atoms with van der Waals surface area (Å²) in [5.74, 6) is 0.534. The van der Waals surface area contributed by atoms with Crippen molar-refractivity contribution in [2.45, 2.75) is 19.7 Å². The van der Waals surface area contributed by atoms with Crippen molar-refractivity contribution in [1.29, 1.82) is 0 Å². The van der Waals surface area contributed by atoms with Crippen LogP contribution in [0.2, 0.25) is 10.0 Å². The molecule has 0 aliphatic heterocycles. The van der Waals surface area contributed by atoms with Gasteiger partial charge >= 0.3 is 6.18 Å². The van der Waals surface area contributed by atoms with Crippen molar-refractivity contribution < 1.29 is 17.9 Å². The number of aromatic nitrogens is 3. The van der Waals surface area contributed by atoms with Crippen LogP contribution in [0.15, 0.2) is 78.9 Å². The molecule has 5 aromatic rings. The highest BCUT2D eigenvalue weighted by molar-refractivity contribution is 6.35. The quantitative estimate of drug-likeness (QED) is 0.231. The van der Waals surface area contributed by atoms with Gasteiger partial charge in [-0.05, 0) is 55.0 Å². The third kappa shape index (κ3) is 4.76. The standard InChI is InChI=1S/C27H18Cl2F3N3O/c1-16-25(18-5-3-2-4-6-18)26-33-23(14-24(27(30,31)32)35(26)34-16)17-8-11-21(12-9-17)36-15-19-7-10-20(28)13-22(19)29/h2-14H,15H2,1H3. The van der Waals surface area contributed by atoms with Gasteiger partial charge in [0.25, 0.3) is 0 Å². The highest BCUT2D eigenvalue weighted by Gasteiger charge is 2.36. The maximum absolute atomic E-state index is 14.0. The fourth-order valence-electron chi connectivity index (χ4n) is 3.94. The highest BCUT2D eigenvalue weighted by atomic mass is 35.5. The molecule has 0 aliphatic carbocycles. The van der Waals surface area contributed by atoms with Crippen LogP contribution in [0.1, 0.15) is 17.0 Å². The molecule has 0 aliphatic rings. The normalized spacial score (nSPS) is 11.7. The summed E-state index contributed by atoms with van der Waals surface area (Å²) in [6.45, 7) is 1.89. The molecule has 0 saturated carbocycles. The maximum atomic E-state index is 14.0. The van der Waals surface area contributed by atoms with Crippen LogP contribution in [-0.2, 0) is 12.8 Å². The molecule has 0 amide bonds. The molecule has 0 N–H and O–H groups in total. The molecular weight excluding hydrogens is 510 g/mol. The van der Waals surface area contributed by atoms with E-state index in [1.165, 1.54) is 0 Å². The third-order valence-electron chi connectivity index (χ3n) is 5.68. The van der Waals surface area contributed by atoms with Crippen LogP contribution in [0.3, 0.4) is 0 Å². The van der Waals surface area contributed by atoms with Crippen molar-refractivity contribution in [2.24, 2.45) is 0 Å². The largest absolute Gasteiger partial charge is 0.489 e. The van der Waals surface area contributed by atoms with E-state index < -0.39 is 11.9 Å². The van der Waals surface area contributed by atoms with Gasteiger partial charge in [-0.15, -0.1) is 0 Å². The zero-order valence-corrected chi connectivity index (χ0v) is 20.4. The monoisotopic (exact) mass is 527 g/mol. The van der Waals surface area contributed by atoms with Gasteiger partial charge in [-0.1, -0.05) is 59.6 Å². The van der Waals surface area contributed by atoms with Gasteiger partial charge in [-0.25, -0.2) is 9.50 Å². The van der Waals surface area contributed by atoms with Crippen molar-refractivity contribution in [1.82, 2.24) is 14.6 Å². The second kappa shape index (κ2) is 9.48. The minimum atomic E-state index is -4.62. The number of halogens is 5. The minimum Gasteiger partial charge on any atom is -0.489 e. The second-order valence-corrected chi connectivity index (χ2v) is 8.98. The number of hydrogen-bond donors (Lipinski definition) is 0. The lowest BCUT2D eigenvalue weighted by molar-refractivity contribution is -0.142. The zero-order chi connectivity index (χ0) is 25.4. The zero-order valence-electron chi connectivity index (χ0n) is 18.9. The van der Waals surface area contributed by atoms with Crippen LogP contribution < -0.4 is 4.74 Å². The molecule has 2 heterocycles. The topological polar surface area (TPSA) is 39.4 Å². The van der Waals surface area contributed by atoms with Crippen molar-refractivity contribution >= 4 is 28.8 Å². The first-order valence-electron chi connectivity index (χ1n) is 10.9. The van der Waals surface area contributed by atoms with Crippen molar-refractivity contribution in [2.75, 3.05) is 0 Å². The molecule has 0 saturated heterocycles. The predicted octanol–water partition coefficient (Wildman–Crippen LogP) is 8.28. The Morgan fingerprint density at radius 3 is 2.28 bits per heavy atom. The van der Waals surface area contributed by atoms with Crippen LogP contribution >= 0.6 is 23.2 Å². The Morgan fingerprint density at radius 1 is 0.889 bits per heavy atom. The van der Waals surface area contributed by atoms with E-state index in [1.807, 2.05) is 30.3 Å². The van der Waals surface area contributed by atoms with Crippen LogP contribution in [0.25, 0.3) is 28.0 Å². The Bertz CT molecular complexity index is 1550. The van der Waals surface area contributed by atoms with Crippen LogP contribution in [-0.4, -0.2) is 14.6 Å². The molecule has 0 spiro atoms. The van der Waals surface area contributed by atoms with Crippen LogP contribution in [0.5, 0.6) is 5.75 Å². The maximum Gasteiger partial charge on any atom is 0.433 e. The summed E-state index contributed by atoms with van der Waals surface area (Å²) >= 11 is 12.1. The van der Waals surface area contributed by atoms with E-state index in [-0.39, 0.29) is 17.9 Å². The Labute approximate surface area is 214 Å². The third-order valence-corrected chi connectivity index (χ3v) is 6.26. The van der Waals surface area contributed by atoms with E-state index in [4.69, 9.17) is 27.9 Å². The van der Waals surface area contributed by atoms with Crippen LogP contribution in [0.4, 0.5) is 13.2 Å². The number of nitrogens with zero attached hydrogens (tertiary/aromatic N) is 3. The number of fused-ring (bicyclic) bond motifs is 1. The lowest BCUT2D eigenvalue weighted by Gasteiger charge is -2.12. The minimum absolute atomic E-state index is 0.140. The van der Waals surface area contributed by atoms with E-state index in [1.54, 1.807) is 49.4 Å². The number of rotatable bonds is 5. The number of aryl methyl sites for hydroxylation is 1. The SMILES string of the molecule is Cc1nn2c(C(F)(F)F)cc(-c3ccc(OCc4ccc(Cl)cc4Cl)cc3)nc2c1-c1ccccc1. The Kier molecular flexibility index (Phi) is 6.36. The number of benzene rings is 3. The van der Waals surface area contributed by atoms with Crippen molar-refractivity contribution in [3.8, 4) is 28.1 Å². The first-order chi connectivity index (χ1) is 17.2. The van der Waals surface area contributed by atoms with Gasteiger partial charge in [0.05, 0.1) is 11.4 Å². The molecule has 36 heavy (non-hydrogen) atoms. The summed E-state index contributed by atoms with van der Waals surface area (Å²) < 4.78 is 48.7. The highest BCUT2D eigenvalue weighted by Crippen LogP contribution is 2.36. The molecule has 0 atom stereocenters. The number of alkyl halides is 3. The number of ether oxygens (including phenoxy) is 1. The Hall–Kier alpha value is -3.55. The fourth-order valence-corrected chi connectivity index (χ4v) is 4.40. The molecule has 0 radical (unpaired) electrons. The summed E-state index contributed by atoms with van der Waals surface area (Å²) in [5, 5.41) is 5.18. The molecule has 3 aromatic carbocycles. The van der Waals surface area contributed by atoms with Crippen molar-refractivity contribution in [3.05, 3.63) is 106 Å². The molecule has 4 nitrogen and oxygen atoms in total. The van der Waals surface area contributed by atoms with E-state index in [0.717, 1.165) is 21.7 Å². The summed E-state index contributed by atoms with van der Waals surface area (Å²) in [4.78, 5) is 4.59. The Morgan fingerprint density at radius 2 is 1.61 bits per heavy atom. The van der Waals surface area contributed by atoms with E-state index in [9.17, 15) is 13.2 Å². The molecule has 0 unspecified atom stereocenters. The van der Waals surface area contributed by atoms with E-state index >= 15 is 0 Å². The van der Waals surface area contributed by atoms with Gasteiger partial charge in [0.15, 0.2) is 11.3 Å². The first-order valence-corrected chi connectivity index (χ1v) is 11.7. The molecule has 2 aromatic heterocycles. The summed E-state index contributed by atoms with van der Waals surface area (Å²) in [6.07, 6.45) is -4.62. The second-order valence-electron chi connectivity index (χ2n) is 8.14. The smallest absolute Gasteiger partial charge is 0.433 e. The lowest BCUT2D eigenvalue weighted by atomic mass is 10.1. The molecule has 5 rings (SSSR count). The van der Waals surface area contributed by atoms with Gasteiger partial charge < -0.3 is 4.74 Å². The van der Waals surface area contributed by atoms with Gasteiger partial charge in [0.1, 0.15) is 12.4 Å². The van der Waals surface area contributed by atoms with Crippen molar-refractivity contribution in [3.63, 3.8) is 0 Å². The van der Waals surface area contributed by atoms with E-state index in [0.29, 0.717) is 32.6 Å². The summed E-state index contributed by atoms with van der Waals surface area (Å²) in [5.41, 5.74) is 2.45. The average molecular weight is 528 g/mol. The molecule has 0 fully saturated rings. The molecular formula is C27H18Cl2F3N3O. The predicted molar refractivity (Wildman–Crippen MR) is 134 cm³/mol. The molecule has 0 bridgehead atoms. The van der Waals surface area contributed by atoms with Gasteiger partial charge in [-0.3, -0.25) is 0 Å². The fraction of sp³-hybridized carbons (Fsp3) is 0.111. The van der Waals surface area contributed by atoms with Gasteiger partial charge in [-0.2, -0.15) is 18.3 Å². The summed E-state index contributed by atoms with van der Waals surface area (Å²) in [6, 6.07) is 22.0. The van der Waals surface area contributed by atoms with Gasteiger partial charge in [0.2, 0.25) is 0 Å². The Balaban J connectivity index is 1.52. The number of hydrogen-bond acceptors (Lipinski definition) is 3. The van der Waals surface area contributed by atoms with E-state index in [2.05, 4.69) is 10.1 Å². The first kappa shape index (κ1) is 24.2. The summed E-state index contributed by atoms with van der Waals surface area (Å²) in [7, 11) is 0. The molecule has 9 heteroatoms. The van der Waals surface area contributed by atoms with Crippen LogP contribution in [0, 0.1) is 6.92 Å².